The molecule has 0 atom stereocenters. The Morgan fingerprint density at radius 3 is 2.83 bits per heavy atom. The van der Waals surface area contributed by atoms with Crippen LogP contribution in [0.25, 0.3) is 16.9 Å². The van der Waals surface area contributed by atoms with Gasteiger partial charge in [-0.15, -0.1) is 5.10 Å². The van der Waals surface area contributed by atoms with Crippen LogP contribution in [0.5, 0.6) is 11.5 Å². The van der Waals surface area contributed by atoms with Crippen molar-refractivity contribution in [2.45, 2.75) is 6.54 Å². The molecule has 0 saturated heterocycles. The second-order valence-corrected chi connectivity index (χ2v) is 5.05. The molecule has 7 heteroatoms. The van der Waals surface area contributed by atoms with Gasteiger partial charge < -0.3 is 15.2 Å². The Morgan fingerprint density at radius 1 is 1.13 bits per heavy atom. The quantitative estimate of drug-likeness (QED) is 0.803. The van der Waals surface area contributed by atoms with Gasteiger partial charge in [-0.25, -0.2) is 9.07 Å². The molecule has 6 nitrogen and oxygen atoms in total. The predicted molar refractivity (Wildman–Crippen MR) is 80.8 cm³/mol. The molecule has 0 aliphatic carbocycles. The monoisotopic (exact) mass is 312 g/mol. The first-order valence-electron chi connectivity index (χ1n) is 7.07. The molecule has 0 spiro atoms. The van der Waals surface area contributed by atoms with Crippen LogP contribution in [0.1, 0.15) is 5.69 Å². The van der Waals surface area contributed by atoms with Gasteiger partial charge in [-0.05, 0) is 24.3 Å². The first-order valence-corrected chi connectivity index (χ1v) is 7.07. The van der Waals surface area contributed by atoms with E-state index in [4.69, 9.17) is 15.2 Å². The summed E-state index contributed by atoms with van der Waals surface area (Å²) in [5, 5.41) is 8.26. The van der Waals surface area contributed by atoms with E-state index in [9.17, 15) is 4.39 Å². The number of hydrogen-bond acceptors (Lipinski definition) is 5. The highest BCUT2D eigenvalue weighted by molar-refractivity contribution is 5.65. The number of rotatable bonds is 3. The second-order valence-electron chi connectivity index (χ2n) is 5.05. The lowest BCUT2D eigenvalue weighted by atomic mass is 10.1. The van der Waals surface area contributed by atoms with Gasteiger partial charge in [0, 0.05) is 18.2 Å². The van der Waals surface area contributed by atoms with Crippen LogP contribution >= 0.6 is 0 Å². The maximum absolute atomic E-state index is 13.6. The van der Waals surface area contributed by atoms with Crippen molar-refractivity contribution in [3.63, 3.8) is 0 Å². The Bertz CT molecular complexity index is 878. The molecule has 0 fully saturated rings. The van der Waals surface area contributed by atoms with Gasteiger partial charge in [-0.3, -0.25) is 0 Å². The lowest BCUT2D eigenvalue weighted by molar-refractivity contribution is 0.174. The van der Waals surface area contributed by atoms with Gasteiger partial charge in [0.15, 0.2) is 11.5 Å². The van der Waals surface area contributed by atoms with E-state index in [-0.39, 0.29) is 19.2 Å². The van der Waals surface area contributed by atoms with Gasteiger partial charge in [0.25, 0.3) is 0 Å². The Hall–Kier alpha value is -2.93. The first-order chi connectivity index (χ1) is 11.3. The van der Waals surface area contributed by atoms with Gasteiger partial charge >= 0.3 is 0 Å². The third-order valence-corrected chi connectivity index (χ3v) is 3.63. The van der Waals surface area contributed by atoms with Crippen LogP contribution < -0.4 is 15.2 Å². The average Bonchev–Trinajstić information content (AvgIpc) is 3.20. The van der Waals surface area contributed by atoms with E-state index in [0.29, 0.717) is 28.5 Å². The number of benzene rings is 2. The third-order valence-electron chi connectivity index (χ3n) is 3.63. The molecule has 0 amide bonds. The van der Waals surface area contributed by atoms with Crippen LogP contribution in [-0.2, 0) is 6.54 Å². The van der Waals surface area contributed by atoms with Crippen molar-refractivity contribution in [2.75, 3.05) is 6.79 Å². The van der Waals surface area contributed by atoms with Crippen molar-refractivity contribution in [2.24, 2.45) is 5.73 Å². The molecule has 0 unspecified atom stereocenters. The zero-order valence-corrected chi connectivity index (χ0v) is 12.1. The molecular weight excluding hydrogens is 299 g/mol. The standard InChI is InChI=1S/C16H13FN4O2/c17-11-3-1-2-10(6-11)16-13(8-18)19-20-21(16)12-4-5-14-15(7-12)23-9-22-14/h1-7H,8-9,18H2. The van der Waals surface area contributed by atoms with Crippen LogP contribution in [-0.4, -0.2) is 21.8 Å². The molecule has 3 aromatic rings. The van der Waals surface area contributed by atoms with Crippen molar-refractivity contribution < 1.29 is 13.9 Å². The molecule has 4 rings (SSSR count). The number of ether oxygens (including phenoxy) is 2. The van der Waals surface area contributed by atoms with E-state index in [1.165, 1.54) is 12.1 Å². The zero-order valence-electron chi connectivity index (χ0n) is 12.1. The number of halogens is 1. The minimum absolute atomic E-state index is 0.195. The Kier molecular flexibility index (Phi) is 3.20. The molecule has 2 aromatic carbocycles. The molecule has 0 bridgehead atoms. The highest BCUT2D eigenvalue weighted by Gasteiger charge is 2.19. The summed E-state index contributed by atoms with van der Waals surface area (Å²) in [4.78, 5) is 0. The minimum atomic E-state index is -0.330. The maximum atomic E-state index is 13.6. The van der Waals surface area contributed by atoms with Gasteiger partial charge in [0.05, 0.1) is 11.4 Å². The average molecular weight is 312 g/mol. The van der Waals surface area contributed by atoms with Crippen LogP contribution in [0.4, 0.5) is 4.39 Å². The molecular formula is C16H13FN4O2. The van der Waals surface area contributed by atoms with Gasteiger partial charge in [0.1, 0.15) is 11.5 Å². The van der Waals surface area contributed by atoms with Gasteiger partial charge in [0.2, 0.25) is 6.79 Å². The zero-order chi connectivity index (χ0) is 15.8. The van der Waals surface area contributed by atoms with Crippen molar-refractivity contribution in [1.29, 1.82) is 0 Å². The Morgan fingerprint density at radius 2 is 2.00 bits per heavy atom. The summed E-state index contributed by atoms with van der Waals surface area (Å²) in [7, 11) is 0. The topological polar surface area (TPSA) is 75.2 Å². The van der Waals surface area contributed by atoms with Gasteiger partial charge in [-0.2, -0.15) is 0 Å². The summed E-state index contributed by atoms with van der Waals surface area (Å²) < 4.78 is 25.9. The summed E-state index contributed by atoms with van der Waals surface area (Å²) in [6.07, 6.45) is 0. The second kappa shape index (κ2) is 5.36. The highest BCUT2D eigenvalue weighted by Crippen LogP contribution is 2.35. The normalized spacial score (nSPS) is 12.6. The lowest BCUT2D eigenvalue weighted by Gasteiger charge is -2.09. The fourth-order valence-corrected chi connectivity index (χ4v) is 2.57. The molecule has 116 valence electrons. The molecule has 1 aliphatic rings. The predicted octanol–water partition coefficient (Wildman–Crippen LogP) is 2.26. The molecule has 23 heavy (non-hydrogen) atoms. The Labute approximate surface area is 131 Å². The van der Waals surface area contributed by atoms with E-state index in [2.05, 4.69) is 10.3 Å². The number of aromatic nitrogens is 3. The van der Waals surface area contributed by atoms with Crippen molar-refractivity contribution in [3.8, 4) is 28.4 Å². The fraction of sp³-hybridized carbons (Fsp3) is 0.125. The molecule has 0 radical (unpaired) electrons. The van der Waals surface area contributed by atoms with E-state index in [1.807, 2.05) is 6.07 Å². The van der Waals surface area contributed by atoms with Crippen molar-refractivity contribution in [1.82, 2.24) is 15.0 Å². The number of nitrogens with two attached hydrogens (primary N) is 1. The van der Waals surface area contributed by atoms with Crippen LogP contribution in [0.2, 0.25) is 0 Å². The lowest BCUT2D eigenvalue weighted by Crippen LogP contribution is -2.03. The van der Waals surface area contributed by atoms with E-state index >= 15 is 0 Å². The smallest absolute Gasteiger partial charge is 0.231 e. The number of hydrogen-bond donors (Lipinski definition) is 1. The number of nitrogens with zero attached hydrogens (tertiary/aromatic N) is 3. The third kappa shape index (κ3) is 2.31. The summed E-state index contributed by atoms with van der Waals surface area (Å²) >= 11 is 0. The summed E-state index contributed by atoms with van der Waals surface area (Å²) in [6, 6.07) is 11.7. The van der Waals surface area contributed by atoms with E-state index in [1.54, 1.807) is 28.9 Å². The van der Waals surface area contributed by atoms with Crippen LogP contribution in [0.3, 0.4) is 0 Å². The van der Waals surface area contributed by atoms with E-state index in [0.717, 1.165) is 5.69 Å². The SMILES string of the molecule is NCc1nnn(-c2ccc3c(c2)OCO3)c1-c1cccc(F)c1. The Balaban J connectivity index is 1.88. The molecule has 1 aromatic heterocycles. The first kappa shape index (κ1) is 13.7. The van der Waals surface area contributed by atoms with Crippen molar-refractivity contribution in [3.05, 3.63) is 54.0 Å². The molecule has 2 N–H and O–H groups in total. The molecule has 0 saturated carbocycles. The molecule has 1 aliphatic heterocycles. The van der Waals surface area contributed by atoms with Crippen molar-refractivity contribution >= 4 is 0 Å². The fourth-order valence-electron chi connectivity index (χ4n) is 2.57. The minimum Gasteiger partial charge on any atom is -0.454 e. The van der Waals surface area contributed by atoms with E-state index < -0.39 is 0 Å². The van der Waals surface area contributed by atoms with Gasteiger partial charge in [-0.1, -0.05) is 17.3 Å². The van der Waals surface area contributed by atoms with Crippen LogP contribution in [0, 0.1) is 5.82 Å². The maximum Gasteiger partial charge on any atom is 0.231 e. The highest BCUT2D eigenvalue weighted by atomic mass is 19.1. The van der Waals surface area contributed by atoms with Crippen LogP contribution in [0.15, 0.2) is 42.5 Å². The summed E-state index contributed by atoms with van der Waals surface area (Å²) in [6.45, 7) is 0.400. The largest absolute Gasteiger partial charge is 0.454 e. The summed E-state index contributed by atoms with van der Waals surface area (Å²) in [5.74, 6) is 0.988. The number of fused-ring (bicyclic) bond motifs is 1. The summed E-state index contributed by atoms with van der Waals surface area (Å²) in [5.41, 5.74) is 8.40. The molecule has 2 heterocycles.